The van der Waals surface area contributed by atoms with Gasteiger partial charge in [-0.25, -0.2) is 0 Å². The summed E-state index contributed by atoms with van der Waals surface area (Å²) in [5.41, 5.74) is -0.795. The van der Waals surface area contributed by atoms with Gasteiger partial charge >= 0.3 is 6.18 Å². The van der Waals surface area contributed by atoms with Crippen LogP contribution in [0.5, 0.6) is 0 Å². The Hall–Kier alpha value is -1.87. The summed E-state index contributed by atoms with van der Waals surface area (Å²) in [5.74, 6) is 0.0290. The third kappa shape index (κ3) is 5.14. The van der Waals surface area contributed by atoms with E-state index in [-0.39, 0.29) is 30.5 Å². The molecule has 1 atom stereocenters. The SMILES string of the molecule is CC(C)NC(=S)N1CCC2(CC1)NC(C(C)C)C(=O)N2Cc1cccc(C(F)(F)F)c1. The van der Waals surface area contributed by atoms with Crippen molar-refractivity contribution < 1.29 is 18.0 Å². The molecule has 0 bridgehead atoms. The van der Waals surface area contributed by atoms with E-state index in [9.17, 15) is 18.0 Å². The van der Waals surface area contributed by atoms with Crippen LogP contribution in [0.25, 0.3) is 0 Å². The van der Waals surface area contributed by atoms with Crippen LogP contribution in [0.3, 0.4) is 0 Å². The van der Waals surface area contributed by atoms with E-state index in [1.165, 1.54) is 6.07 Å². The van der Waals surface area contributed by atoms with Crippen molar-refractivity contribution in [2.45, 2.75) is 71.0 Å². The second-order valence-corrected chi connectivity index (χ2v) is 9.50. The summed E-state index contributed by atoms with van der Waals surface area (Å²) >= 11 is 5.49. The fourth-order valence-corrected chi connectivity index (χ4v) is 4.77. The zero-order valence-electron chi connectivity index (χ0n) is 18.4. The highest BCUT2D eigenvalue weighted by molar-refractivity contribution is 7.80. The smallest absolute Gasteiger partial charge is 0.360 e. The van der Waals surface area contributed by atoms with E-state index in [2.05, 4.69) is 15.5 Å². The van der Waals surface area contributed by atoms with Crippen LogP contribution in [-0.4, -0.2) is 51.7 Å². The van der Waals surface area contributed by atoms with E-state index in [0.717, 1.165) is 12.1 Å². The number of nitrogens with zero attached hydrogens (tertiary/aromatic N) is 2. The van der Waals surface area contributed by atoms with Crippen LogP contribution in [0.4, 0.5) is 13.2 Å². The van der Waals surface area contributed by atoms with Crippen molar-refractivity contribution in [2.75, 3.05) is 13.1 Å². The molecule has 1 aromatic rings. The molecule has 9 heteroatoms. The number of alkyl halides is 3. The number of piperidine rings is 1. The number of carbonyl (C=O) groups excluding carboxylic acids is 1. The fourth-order valence-electron chi connectivity index (χ4n) is 4.35. The summed E-state index contributed by atoms with van der Waals surface area (Å²) in [6, 6.07) is 5.13. The number of benzene rings is 1. The maximum Gasteiger partial charge on any atom is 0.416 e. The highest BCUT2D eigenvalue weighted by Gasteiger charge is 2.52. The lowest BCUT2D eigenvalue weighted by atomic mass is 9.95. The van der Waals surface area contributed by atoms with Crippen molar-refractivity contribution in [3.63, 3.8) is 0 Å². The molecular formula is C22H31F3N4OS. The van der Waals surface area contributed by atoms with Gasteiger partial charge in [0.05, 0.1) is 17.3 Å². The van der Waals surface area contributed by atoms with E-state index >= 15 is 0 Å². The Balaban J connectivity index is 1.82. The van der Waals surface area contributed by atoms with Crippen LogP contribution in [0.15, 0.2) is 24.3 Å². The van der Waals surface area contributed by atoms with Crippen molar-refractivity contribution in [2.24, 2.45) is 5.92 Å². The van der Waals surface area contributed by atoms with Crippen molar-refractivity contribution >= 4 is 23.2 Å². The summed E-state index contributed by atoms with van der Waals surface area (Å²) < 4.78 is 39.5. The van der Waals surface area contributed by atoms with Crippen molar-refractivity contribution in [3.8, 4) is 0 Å². The van der Waals surface area contributed by atoms with Gasteiger partial charge in [0.25, 0.3) is 0 Å². The summed E-state index contributed by atoms with van der Waals surface area (Å²) in [7, 11) is 0. The van der Waals surface area contributed by atoms with Gasteiger partial charge in [0.2, 0.25) is 5.91 Å². The molecule has 5 nitrogen and oxygen atoms in total. The molecule has 1 aromatic carbocycles. The maximum absolute atomic E-state index is 13.3. The predicted molar refractivity (Wildman–Crippen MR) is 118 cm³/mol. The Kier molecular flexibility index (Phi) is 6.86. The second-order valence-electron chi connectivity index (χ2n) is 9.11. The predicted octanol–water partition coefficient (Wildman–Crippen LogP) is 3.74. The summed E-state index contributed by atoms with van der Waals surface area (Å²) in [6.45, 7) is 9.50. The average molecular weight is 457 g/mol. The fraction of sp³-hybridized carbons (Fsp3) is 0.636. The average Bonchev–Trinajstić information content (AvgIpc) is 2.94. The van der Waals surface area contributed by atoms with Gasteiger partial charge in [-0.1, -0.05) is 26.0 Å². The number of nitrogens with one attached hydrogen (secondary N) is 2. The van der Waals surface area contributed by atoms with Gasteiger partial charge in [-0.05, 0) is 49.7 Å². The quantitative estimate of drug-likeness (QED) is 0.676. The van der Waals surface area contributed by atoms with E-state index in [0.29, 0.717) is 36.6 Å². The number of rotatable bonds is 4. The van der Waals surface area contributed by atoms with Crippen LogP contribution < -0.4 is 10.6 Å². The Bertz CT molecular complexity index is 819. The van der Waals surface area contributed by atoms with Gasteiger partial charge < -0.3 is 15.1 Å². The van der Waals surface area contributed by atoms with Crippen molar-refractivity contribution in [1.29, 1.82) is 0 Å². The molecule has 31 heavy (non-hydrogen) atoms. The molecular weight excluding hydrogens is 425 g/mol. The zero-order valence-corrected chi connectivity index (χ0v) is 19.2. The zero-order chi connectivity index (χ0) is 23.0. The standard InChI is InChI=1S/C22H31F3N4OS/c1-14(2)18-19(30)29(13-16-6-5-7-17(12-16)22(23,24)25)21(27-18)8-10-28(11-9-21)20(31)26-15(3)4/h5-7,12,14-15,18,27H,8-11,13H2,1-4H3,(H,26,31). The number of halogens is 3. The van der Waals surface area contributed by atoms with Gasteiger partial charge in [-0.3, -0.25) is 10.1 Å². The lowest BCUT2D eigenvalue weighted by Gasteiger charge is -2.45. The van der Waals surface area contributed by atoms with Gasteiger partial charge in [-0.2, -0.15) is 13.2 Å². The summed E-state index contributed by atoms with van der Waals surface area (Å²) in [6.07, 6.45) is -3.10. The Morgan fingerprint density at radius 1 is 1.26 bits per heavy atom. The number of amides is 1. The molecule has 0 aromatic heterocycles. The summed E-state index contributed by atoms with van der Waals surface area (Å²) in [4.78, 5) is 17.1. The van der Waals surface area contributed by atoms with Gasteiger partial charge in [-0.15, -0.1) is 0 Å². The molecule has 172 valence electrons. The molecule has 2 heterocycles. The molecule has 0 aliphatic carbocycles. The molecule has 3 rings (SSSR count). The van der Waals surface area contributed by atoms with E-state index < -0.39 is 17.4 Å². The maximum atomic E-state index is 13.3. The molecule has 2 fully saturated rings. The topological polar surface area (TPSA) is 47.6 Å². The second kappa shape index (κ2) is 8.94. The first-order valence-corrected chi connectivity index (χ1v) is 11.1. The highest BCUT2D eigenvalue weighted by Crippen LogP contribution is 2.36. The van der Waals surface area contributed by atoms with Crippen LogP contribution in [0.1, 0.15) is 51.7 Å². The van der Waals surface area contributed by atoms with Gasteiger partial charge in [0, 0.05) is 38.5 Å². The molecule has 2 aliphatic rings. The third-order valence-electron chi connectivity index (χ3n) is 6.02. The molecule has 2 aliphatic heterocycles. The first-order chi connectivity index (χ1) is 14.4. The molecule has 1 unspecified atom stereocenters. The van der Waals surface area contributed by atoms with E-state index in [1.807, 2.05) is 27.7 Å². The Morgan fingerprint density at radius 3 is 2.45 bits per heavy atom. The molecule has 1 spiro atoms. The van der Waals surface area contributed by atoms with Crippen LogP contribution in [0.2, 0.25) is 0 Å². The number of hydrogen-bond donors (Lipinski definition) is 2. The Labute approximate surface area is 187 Å². The van der Waals surface area contributed by atoms with Crippen LogP contribution >= 0.6 is 12.2 Å². The molecule has 2 N–H and O–H groups in total. The number of thiocarbonyl (C=S) groups is 1. The van der Waals surface area contributed by atoms with Gasteiger partial charge in [0.15, 0.2) is 5.11 Å². The number of likely N-dealkylation sites (tertiary alicyclic amines) is 1. The van der Waals surface area contributed by atoms with E-state index in [1.54, 1.807) is 11.0 Å². The first-order valence-electron chi connectivity index (χ1n) is 10.7. The Morgan fingerprint density at radius 2 is 1.90 bits per heavy atom. The normalized spacial score (nSPS) is 21.5. The highest BCUT2D eigenvalue weighted by atomic mass is 32.1. The first kappa shape index (κ1) is 23.8. The molecule has 0 radical (unpaired) electrons. The molecule has 2 saturated heterocycles. The van der Waals surface area contributed by atoms with Crippen LogP contribution in [-0.2, 0) is 17.5 Å². The minimum Gasteiger partial charge on any atom is -0.360 e. The lowest BCUT2D eigenvalue weighted by molar-refractivity contribution is -0.137. The van der Waals surface area contributed by atoms with Crippen molar-refractivity contribution in [1.82, 2.24) is 20.4 Å². The van der Waals surface area contributed by atoms with Crippen molar-refractivity contribution in [3.05, 3.63) is 35.4 Å². The third-order valence-corrected chi connectivity index (χ3v) is 6.40. The monoisotopic (exact) mass is 456 g/mol. The molecule has 1 amide bonds. The number of carbonyl (C=O) groups is 1. The van der Waals surface area contributed by atoms with E-state index in [4.69, 9.17) is 12.2 Å². The summed E-state index contributed by atoms with van der Waals surface area (Å²) in [5, 5.41) is 7.48. The van der Waals surface area contributed by atoms with Crippen LogP contribution in [0, 0.1) is 5.92 Å². The minimum atomic E-state index is -4.41. The lowest BCUT2D eigenvalue weighted by Crippen LogP contribution is -2.60. The minimum absolute atomic E-state index is 0.0521. The number of hydrogen-bond acceptors (Lipinski definition) is 3. The molecule has 0 saturated carbocycles. The van der Waals surface area contributed by atoms with Gasteiger partial charge in [0.1, 0.15) is 0 Å². The largest absolute Gasteiger partial charge is 0.416 e.